The van der Waals surface area contributed by atoms with E-state index >= 15 is 0 Å². The molecule has 13 heavy (non-hydrogen) atoms. The molecule has 0 aliphatic carbocycles. The van der Waals surface area contributed by atoms with Gasteiger partial charge in [-0.2, -0.15) is 4.21 Å². The zero-order chi connectivity index (χ0) is 10.5. The van der Waals surface area contributed by atoms with Gasteiger partial charge in [-0.25, -0.2) is 8.68 Å². The molecule has 0 aromatic rings. The molecule has 1 unspecified atom stereocenters. The highest BCUT2D eigenvalue weighted by atomic mass is 32.2. The molecule has 0 radical (unpaired) electrons. The lowest BCUT2D eigenvalue weighted by Gasteiger charge is -2.30. The average Bonchev–Trinajstić information content (AvgIpc) is 2.20. The zero-order valence-corrected chi connectivity index (χ0v) is 9.52. The standard InChI is InChI=1S/C8H18NO3S/c1-5-9(6-2,7-3)13(11)8(10)12-4/h5-7H2,1-4H3/q+1. The van der Waals surface area contributed by atoms with Gasteiger partial charge in [0.25, 0.3) is 0 Å². The van der Waals surface area contributed by atoms with E-state index in [0.29, 0.717) is 19.6 Å². The summed E-state index contributed by atoms with van der Waals surface area (Å²) in [5.41, 5.74) is 0. The van der Waals surface area contributed by atoms with Crippen molar-refractivity contribution in [3.63, 3.8) is 0 Å². The predicted octanol–water partition coefficient (Wildman–Crippen LogP) is 1.29. The van der Waals surface area contributed by atoms with Crippen LogP contribution in [0.15, 0.2) is 0 Å². The molecule has 78 valence electrons. The summed E-state index contributed by atoms with van der Waals surface area (Å²) in [4.78, 5) is 11.1. The monoisotopic (exact) mass is 208 g/mol. The first-order chi connectivity index (χ1) is 6.07. The maximum atomic E-state index is 11.7. The quantitative estimate of drug-likeness (QED) is 0.516. The summed E-state index contributed by atoms with van der Waals surface area (Å²) in [6.07, 6.45) is 0. The van der Waals surface area contributed by atoms with E-state index in [2.05, 4.69) is 4.74 Å². The van der Waals surface area contributed by atoms with Crippen molar-refractivity contribution in [2.45, 2.75) is 20.8 Å². The molecular weight excluding hydrogens is 190 g/mol. The molecule has 4 nitrogen and oxygen atoms in total. The molecule has 0 N–H and O–H groups in total. The minimum absolute atomic E-state index is 0.284. The summed E-state index contributed by atoms with van der Waals surface area (Å²) in [6.45, 7) is 7.80. The average molecular weight is 208 g/mol. The smallest absolute Gasteiger partial charge is 0.453 e. The fourth-order valence-electron chi connectivity index (χ4n) is 1.25. The van der Waals surface area contributed by atoms with Crippen molar-refractivity contribution >= 4 is 16.3 Å². The van der Waals surface area contributed by atoms with Gasteiger partial charge in [0.15, 0.2) is 0 Å². The van der Waals surface area contributed by atoms with Gasteiger partial charge in [0.2, 0.25) is 0 Å². The Morgan fingerprint density at radius 1 is 1.23 bits per heavy atom. The van der Waals surface area contributed by atoms with Gasteiger partial charge in [-0.1, -0.05) is 0 Å². The Balaban J connectivity index is 4.73. The van der Waals surface area contributed by atoms with Gasteiger partial charge < -0.3 is 4.74 Å². The van der Waals surface area contributed by atoms with Crippen LogP contribution >= 0.6 is 0 Å². The Labute approximate surface area is 82.0 Å². The third-order valence-electron chi connectivity index (χ3n) is 2.39. The molecule has 0 rings (SSSR count). The molecular formula is C8H18NO3S+. The molecule has 5 heteroatoms. The molecule has 0 saturated carbocycles. The first-order valence-electron chi connectivity index (χ1n) is 4.44. The molecule has 1 atom stereocenters. The predicted molar refractivity (Wildman–Crippen MR) is 52.4 cm³/mol. The van der Waals surface area contributed by atoms with Crippen molar-refractivity contribution in [3.05, 3.63) is 0 Å². The van der Waals surface area contributed by atoms with Crippen molar-refractivity contribution in [3.8, 4) is 0 Å². The van der Waals surface area contributed by atoms with Crippen molar-refractivity contribution in [2.24, 2.45) is 0 Å². The van der Waals surface area contributed by atoms with E-state index in [1.54, 1.807) is 0 Å². The molecule has 0 spiro atoms. The molecule has 0 amide bonds. The maximum Gasteiger partial charge on any atom is 0.453 e. The number of nitrogens with zero attached hydrogens (tertiary/aromatic N) is 1. The van der Waals surface area contributed by atoms with E-state index in [4.69, 9.17) is 0 Å². The van der Waals surface area contributed by atoms with E-state index < -0.39 is 16.3 Å². The Morgan fingerprint density at radius 2 is 1.62 bits per heavy atom. The maximum absolute atomic E-state index is 11.7. The number of carbonyl (C=O) groups is 1. The summed E-state index contributed by atoms with van der Waals surface area (Å²) in [5, 5.41) is -0.634. The highest BCUT2D eigenvalue weighted by Crippen LogP contribution is 2.12. The molecule has 0 aliphatic heterocycles. The molecule has 0 saturated heterocycles. The molecule has 0 fully saturated rings. The first-order valence-corrected chi connectivity index (χ1v) is 5.55. The largest absolute Gasteiger partial charge is 0.455 e. The summed E-state index contributed by atoms with van der Waals surface area (Å²) in [7, 11) is -0.325. The second kappa shape index (κ2) is 5.34. The van der Waals surface area contributed by atoms with Crippen molar-refractivity contribution < 1.29 is 17.6 Å². The SMILES string of the molecule is CC[N+](CC)(CC)S(=O)C(=O)OC. The fraction of sp³-hybridized carbons (Fsp3) is 0.875. The number of quaternary nitrogens is 1. The molecule has 0 aromatic heterocycles. The molecule has 0 aliphatic rings. The zero-order valence-electron chi connectivity index (χ0n) is 8.70. The number of rotatable bonds is 4. The van der Waals surface area contributed by atoms with Crippen LogP contribution in [0.2, 0.25) is 0 Å². The Kier molecular flexibility index (Phi) is 5.17. The van der Waals surface area contributed by atoms with Crippen molar-refractivity contribution in [2.75, 3.05) is 26.7 Å². The highest BCUT2D eigenvalue weighted by molar-refractivity contribution is 7.94. The summed E-state index contributed by atoms with van der Waals surface area (Å²) >= 11 is 0. The lowest BCUT2D eigenvalue weighted by atomic mass is 10.5. The third kappa shape index (κ3) is 2.51. The third-order valence-corrected chi connectivity index (χ3v) is 4.32. The fourth-order valence-corrected chi connectivity index (χ4v) is 2.41. The van der Waals surface area contributed by atoms with Gasteiger partial charge >= 0.3 is 16.3 Å². The number of hydrogen-bond donors (Lipinski definition) is 0. The first kappa shape index (κ1) is 12.6. The lowest BCUT2D eigenvalue weighted by Crippen LogP contribution is -2.51. The lowest BCUT2D eigenvalue weighted by molar-refractivity contribution is -0.794. The number of carbonyl (C=O) groups excluding carboxylic acids is 1. The summed E-state index contributed by atoms with van der Waals surface area (Å²) in [5.74, 6) is 0. The van der Waals surface area contributed by atoms with E-state index in [-0.39, 0.29) is 3.89 Å². The van der Waals surface area contributed by atoms with E-state index in [1.807, 2.05) is 20.8 Å². The molecule has 0 aromatic carbocycles. The topological polar surface area (TPSA) is 43.4 Å². The second-order valence-corrected chi connectivity index (χ2v) is 4.32. The Bertz CT molecular complexity index is 193. The van der Waals surface area contributed by atoms with E-state index in [0.717, 1.165) is 0 Å². The minimum Gasteiger partial charge on any atom is -0.455 e. The van der Waals surface area contributed by atoms with Gasteiger partial charge in [-0.3, -0.25) is 0 Å². The highest BCUT2D eigenvalue weighted by Gasteiger charge is 2.36. The van der Waals surface area contributed by atoms with Crippen LogP contribution in [-0.2, 0) is 15.7 Å². The van der Waals surface area contributed by atoms with Crippen LogP contribution in [0.1, 0.15) is 20.8 Å². The van der Waals surface area contributed by atoms with Gasteiger partial charge in [-0.05, 0) is 20.8 Å². The van der Waals surface area contributed by atoms with Crippen molar-refractivity contribution in [1.82, 2.24) is 0 Å². The van der Waals surface area contributed by atoms with Crippen LogP contribution in [0.25, 0.3) is 0 Å². The summed E-state index contributed by atoms with van der Waals surface area (Å²) < 4.78 is 16.5. The van der Waals surface area contributed by atoms with Crippen LogP contribution in [0.5, 0.6) is 0 Å². The van der Waals surface area contributed by atoms with Crippen molar-refractivity contribution in [1.29, 1.82) is 0 Å². The van der Waals surface area contributed by atoms with E-state index in [1.165, 1.54) is 7.11 Å². The van der Waals surface area contributed by atoms with E-state index in [9.17, 15) is 9.00 Å². The Hall–Kier alpha value is -0.420. The minimum atomic E-state index is -1.58. The summed E-state index contributed by atoms with van der Waals surface area (Å²) in [6, 6.07) is 0. The van der Waals surface area contributed by atoms with Crippen LogP contribution in [0, 0.1) is 0 Å². The van der Waals surface area contributed by atoms with Crippen LogP contribution in [0.4, 0.5) is 4.79 Å². The number of hydrogen-bond acceptors (Lipinski definition) is 3. The number of methoxy groups -OCH3 is 1. The second-order valence-electron chi connectivity index (χ2n) is 2.71. The van der Waals surface area contributed by atoms with Crippen LogP contribution in [-0.4, -0.2) is 40.1 Å². The Morgan fingerprint density at radius 3 is 1.85 bits per heavy atom. The normalized spacial score (nSPS) is 13.8. The van der Waals surface area contributed by atoms with Crippen LogP contribution < -0.4 is 0 Å². The molecule has 0 heterocycles. The van der Waals surface area contributed by atoms with Gasteiger partial charge in [0.1, 0.15) is 0 Å². The van der Waals surface area contributed by atoms with Gasteiger partial charge in [-0.15, -0.1) is 0 Å². The number of ether oxygens (including phenoxy) is 1. The van der Waals surface area contributed by atoms with Gasteiger partial charge in [0.05, 0.1) is 26.7 Å². The molecule has 0 bridgehead atoms. The van der Waals surface area contributed by atoms with Gasteiger partial charge in [0, 0.05) is 0 Å². The van der Waals surface area contributed by atoms with Crippen LogP contribution in [0.3, 0.4) is 0 Å².